The Hall–Kier alpha value is -2.94. The molecule has 0 saturated heterocycles. The fourth-order valence-corrected chi connectivity index (χ4v) is 3.55. The SMILES string of the molecule is CN(Cc1cc(Sc2cccc(F)c2)n(-c2cccnc2F)n1)C(=O)OC(C)(C)C. The van der Waals surface area contributed by atoms with Crippen molar-refractivity contribution >= 4 is 17.9 Å². The molecule has 1 amide bonds. The van der Waals surface area contributed by atoms with Gasteiger partial charge in [-0.1, -0.05) is 17.8 Å². The molecule has 158 valence electrons. The number of aromatic nitrogens is 3. The highest BCUT2D eigenvalue weighted by atomic mass is 32.2. The van der Waals surface area contributed by atoms with Crippen LogP contribution in [-0.2, 0) is 11.3 Å². The predicted molar refractivity (Wildman–Crippen MR) is 110 cm³/mol. The smallest absolute Gasteiger partial charge is 0.410 e. The molecule has 0 unspecified atom stereocenters. The van der Waals surface area contributed by atoms with Gasteiger partial charge in [0.1, 0.15) is 22.1 Å². The van der Waals surface area contributed by atoms with Crippen molar-refractivity contribution in [3.05, 3.63) is 66.1 Å². The van der Waals surface area contributed by atoms with Crippen LogP contribution in [0.3, 0.4) is 0 Å². The molecule has 0 saturated carbocycles. The number of carbonyl (C=O) groups excluding carboxylic acids is 1. The van der Waals surface area contributed by atoms with Gasteiger partial charge in [-0.05, 0) is 57.2 Å². The molecule has 3 aromatic rings. The van der Waals surface area contributed by atoms with Gasteiger partial charge in [0, 0.05) is 18.1 Å². The number of benzene rings is 1. The van der Waals surface area contributed by atoms with E-state index in [4.69, 9.17) is 4.74 Å². The number of hydrogen-bond acceptors (Lipinski definition) is 5. The van der Waals surface area contributed by atoms with Crippen molar-refractivity contribution in [2.75, 3.05) is 7.05 Å². The van der Waals surface area contributed by atoms with E-state index in [1.165, 1.54) is 39.7 Å². The number of carbonyl (C=O) groups is 1. The fourth-order valence-electron chi connectivity index (χ4n) is 2.57. The quantitative estimate of drug-likeness (QED) is 0.527. The van der Waals surface area contributed by atoms with E-state index < -0.39 is 17.6 Å². The maximum atomic E-state index is 14.3. The second-order valence-electron chi connectivity index (χ2n) is 7.59. The molecule has 0 aliphatic carbocycles. The van der Waals surface area contributed by atoms with E-state index in [1.807, 2.05) is 0 Å². The molecule has 0 spiro atoms. The molecule has 0 radical (unpaired) electrons. The Labute approximate surface area is 177 Å². The van der Waals surface area contributed by atoms with Crippen LogP contribution < -0.4 is 0 Å². The molecule has 3 rings (SSSR count). The van der Waals surface area contributed by atoms with E-state index in [0.717, 1.165) is 0 Å². The summed E-state index contributed by atoms with van der Waals surface area (Å²) in [6.45, 7) is 5.51. The lowest BCUT2D eigenvalue weighted by molar-refractivity contribution is 0.0283. The van der Waals surface area contributed by atoms with Gasteiger partial charge < -0.3 is 9.64 Å². The molecule has 30 heavy (non-hydrogen) atoms. The molecular formula is C21H22F2N4O2S. The number of amides is 1. The second-order valence-corrected chi connectivity index (χ2v) is 8.69. The van der Waals surface area contributed by atoms with E-state index in [-0.39, 0.29) is 18.0 Å². The summed E-state index contributed by atoms with van der Waals surface area (Å²) >= 11 is 1.23. The van der Waals surface area contributed by atoms with Gasteiger partial charge in [0.2, 0.25) is 5.95 Å². The summed E-state index contributed by atoms with van der Waals surface area (Å²) in [7, 11) is 1.59. The van der Waals surface area contributed by atoms with Gasteiger partial charge in [-0.25, -0.2) is 18.9 Å². The molecule has 0 aliphatic heterocycles. The zero-order valence-corrected chi connectivity index (χ0v) is 17.9. The van der Waals surface area contributed by atoms with Gasteiger partial charge in [-0.15, -0.1) is 0 Å². The van der Waals surface area contributed by atoms with Gasteiger partial charge in [0.25, 0.3) is 0 Å². The number of ether oxygens (including phenoxy) is 1. The first kappa shape index (κ1) is 21.8. The first-order valence-corrected chi connectivity index (χ1v) is 10.0. The molecule has 0 bridgehead atoms. The van der Waals surface area contributed by atoms with Gasteiger partial charge in [-0.3, -0.25) is 0 Å². The van der Waals surface area contributed by atoms with Crippen LogP contribution in [0.4, 0.5) is 13.6 Å². The maximum absolute atomic E-state index is 14.3. The minimum Gasteiger partial charge on any atom is -0.444 e. The van der Waals surface area contributed by atoms with E-state index in [2.05, 4.69) is 10.1 Å². The van der Waals surface area contributed by atoms with Crippen molar-refractivity contribution in [2.24, 2.45) is 0 Å². The molecule has 0 fully saturated rings. The van der Waals surface area contributed by atoms with Crippen LogP contribution in [0.25, 0.3) is 5.69 Å². The van der Waals surface area contributed by atoms with Crippen LogP contribution in [0, 0.1) is 11.8 Å². The van der Waals surface area contributed by atoms with Crippen molar-refractivity contribution in [3.63, 3.8) is 0 Å². The number of hydrogen-bond donors (Lipinski definition) is 0. The summed E-state index contributed by atoms with van der Waals surface area (Å²) in [5, 5.41) is 5.01. The predicted octanol–water partition coefficient (Wildman–Crippen LogP) is 5.06. The first-order chi connectivity index (χ1) is 14.1. The third kappa shape index (κ3) is 5.56. The third-order valence-corrected chi connectivity index (χ3v) is 4.81. The van der Waals surface area contributed by atoms with Crippen molar-refractivity contribution in [3.8, 4) is 5.69 Å². The number of pyridine rings is 1. The number of rotatable bonds is 5. The van der Waals surface area contributed by atoms with Crippen LogP contribution in [-0.4, -0.2) is 38.4 Å². The average molecular weight is 432 g/mol. The van der Waals surface area contributed by atoms with Crippen LogP contribution in [0.15, 0.2) is 58.6 Å². The first-order valence-electron chi connectivity index (χ1n) is 9.20. The van der Waals surface area contributed by atoms with Gasteiger partial charge in [0.05, 0.1) is 12.2 Å². The highest BCUT2D eigenvalue weighted by Crippen LogP contribution is 2.31. The van der Waals surface area contributed by atoms with Crippen molar-refractivity contribution in [1.29, 1.82) is 0 Å². The molecule has 0 aliphatic rings. The molecule has 0 N–H and O–H groups in total. The molecule has 2 aromatic heterocycles. The minimum atomic E-state index is -0.686. The monoisotopic (exact) mass is 432 g/mol. The van der Waals surface area contributed by atoms with Gasteiger partial charge >= 0.3 is 6.09 Å². The Morgan fingerprint density at radius 1 is 1.20 bits per heavy atom. The van der Waals surface area contributed by atoms with Crippen LogP contribution in [0.1, 0.15) is 26.5 Å². The second kappa shape index (κ2) is 8.83. The van der Waals surface area contributed by atoms with Crippen LogP contribution >= 0.6 is 11.8 Å². The molecule has 0 atom stereocenters. The average Bonchev–Trinajstić information content (AvgIpc) is 3.02. The van der Waals surface area contributed by atoms with Crippen LogP contribution in [0.5, 0.6) is 0 Å². The molecule has 6 nitrogen and oxygen atoms in total. The Bertz CT molecular complexity index is 1050. The minimum absolute atomic E-state index is 0.153. The van der Waals surface area contributed by atoms with Crippen molar-refractivity contribution in [2.45, 2.75) is 42.8 Å². The highest BCUT2D eigenvalue weighted by molar-refractivity contribution is 7.99. The van der Waals surface area contributed by atoms with Crippen LogP contribution in [0.2, 0.25) is 0 Å². The summed E-state index contributed by atoms with van der Waals surface area (Å²) in [6.07, 6.45) is 0.850. The molecule has 1 aromatic carbocycles. The molecular weight excluding hydrogens is 410 g/mol. The number of nitrogens with zero attached hydrogens (tertiary/aromatic N) is 4. The van der Waals surface area contributed by atoms with E-state index in [0.29, 0.717) is 15.6 Å². The Morgan fingerprint density at radius 3 is 2.63 bits per heavy atom. The normalized spacial score (nSPS) is 11.4. The molecule has 2 heterocycles. The fraction of sp³-hybridized carbons (Fsp3) is 0.286. The van der Waals surface area contributed by atoms with Crippen molar-refractivity contribution in [1.82, 2.24) is 19.7 Å². The Kier molecular flexibility index (Phi) is 6.40. The maximum Gasteiger partial charge on any atom is 0.410 e. The standard InChI is InChI=1S/C21H22F2N4O2S/c1-21(2,3)29-20(28)26(4)13-15-12-18(30-16-8-5-7-14(22)11-16)27(25-15)17-9-6-10-24-19(17)23/h5-12H,13H2,1-4H3. The summed E-state index contributed by atoms with van der Waals surface area (Å²) in [5.41, 5.74) is 0.0511. The lowest BCUT2D eigenvalue weighted by atomic mass is 10.2. The van der Waals surface area contributed by atoms with E-state index >= 15 is 0 Å². The topological polar surface area (TPSA) is 60.2 Å². The summed E-state index contributed by atoms with van der Waals surface area (Å²) in [5.74, 6) is -1.06. The zero-order valence-electron chi connectivity index (χ0n) is 17.1. The van der Waals surface area contributed by atoms with E-state index in [1.54, 1.807) is 58.2 Å². The third-order valence-electron chi connectivity index (χ3n) is 3.82. The summed E-state index contributed by atoms with van der Waals surface area (Å²) < 4.78 is 34.7. The van der Waals surface area contributed by atoms with E-state index in [9.17, 15) is 13.6 Å². The summed E-state index contributed by atoms with van der Waals surface area (Å²) in [6, 6.07) is 11.0. The largest absolute Gasteiger partial charge is 0.444 e. The van der Waals surface area contributed by atoms with Gasteiger partial charge in [0.15, 0.2) is 0 Å². The molecule has 9 heteroatoms. The Balaban J connectivity index is 1.92. The van der Waals surface area contributed by atoms with Crippen molar-refractivity contribution < 1.29 is 18.3 Å². The number of halogens is 2. The lowest BCUT2D eigenvalue weighted by Crippen LogP contribution is -2.33. The Morgan fingerprint density at radius 2 is 1.97 bits per heavy atom. The van der Waals surface area contributed by atoms with Gasteiger partial charge in [-0.2, -0.15) is 9.49 Å². The lowest BCUT2D eigenvalue weighted by Gasteiger charge is -2.24. The highest BCUT2D eigenvalue weighted by Gasteiger charge is 2.22. The zero-order chi connectivity index (χ0) is 21.9. The summed E-state index contributed by atoms with van der Waals surface area (Å²) in [4.78, 5) is 17.9.